The number of hydrogen-bond acceptors (Lipinski definition) is 1. The lowest BCUT2D eigenvalue weighted by Crippen LogP contribution is -2.38. The Labute approximate surface area is 118 Å². The maximum Gasteiger partial charge on any atom is 0.0178 e. The van der Waals surface area contributed by atoms with Crippen LogP contribution < -0.4 is 5.32 Å². The number of fused-ring (bicyclic) bond motifs is 2. The molecule has 2 aliphatic rings. The minimum Gasteiger partial charge on any atom is -0.312 e. The summed E-state index contributed by atoms with van der Waals surface area (Å²) in [6.45, 7) is 7.92. The Morgan fingerprint density at radius 1 is 1.39 bits per heavy atom. The Morgan fingerprint density at radius 2 is 2.17 bits per heavy atom. The molecule has 2 atom stereocenters. The van der Waals surface area contributed by atoms with E-state index in [1.54, 1.807) is 11.1 Å². The predicted octanol–water partition coefficient (Wildman–Crippen LogP) is 4.04. The van der Waals surface area contributed by atoms with Crippen LogP contribution in [0.15, 0.2) is 22.7 Å². The van der Waals surface area contributed by atoms with Crippen molar-refractivity contribution in [2.24, 2.45) is 5.92 Å². The summed E-state index contributed by atoms with van der Waals surface area (Å²) in [6, 6.07) is 6.85. The highest BCUT2D eigenvalue weighted by atomic mass is 79.9. The summed E-state index contributed by atoms with van der Waals surface area (Å²) in [5, 5.41) is 3.67. The molecule has 0 bridgehead atoms. The van der Waals surface area contributed by atoms with Crippen LogP contribution >= 0.6 is 15.9 Å². The van der Waals surface area contributed by atoms with E-state index in [2.05, 4.69) is 60.2 Å². The highest BCUT2D eigenvalue weighted by molar-refractivity contribution is 9.10. The van der Waals surface area contributed by atoms with E-state index in [0.29, 0.717) is 5.41 Å². The molecular weight excluding hydrogens is 286 g/mol. The normalized spacial score (nSPS) is 29.7. The van der Waals surface area contributed by atoms with Crippen molar-refractivity contribution in [1.29, 1.82) is 0 Å². The van der Waals surface area contributed by atoms with Crippen molar-refractivity contribution in [1.82, 2.24) is 5.32 Å². The van der Waals surface area contributed by atoms with Gasteiger partial charge in [0.05, 0.1) is 0 Å². The van der Waals surface area contributed by atoms with Gasteiger partial charge in [-0.3, -0.25) is 0 Å². The zero-order valence-electron chi connectivity index (χ0n) is 11.5. The SMILES string of the molecule is CC(C)(C)NCC1CC12CCc1ccc(Br)cc12. The first-order valence-corrected chi connectivity index (χ1v) is 7.74. The van der Waals surface area contributed by atoms with Crippen LogP contribution in [0.5, 0.6) is 0 Å². The fourth-order valence-corrected chi connectivity index (χ4v) is 3.80. The molecule has 1 N–H and O–H groups in total. The summed E-state index contributed by atoms with van der Waals surface area (Å²) in [6.07, 6.45) is 4.00. The molecule has 1 aromatic rings. The molecule has 0 heterocycles. The van der Waals surface area contributed by atoms with Crippen LogP contribution in [0, 0.1) is 5.92 Å². The Morgan fingerprint density at radius 3 is 2.89 bits per heavy atom. The van der Waals surface area contributed by atoms with Gasteiger partial charge in [-0.2, -0.15) is 0 Å². The van der Waals surface area contributed by atoms with Gasteiger partial charge < -0.3 is 5.32 Å². The predicted molar refractivity (Wildman–Crippen MR) is 80.0 cm³/mol. The number of rotatable bonds is 2. The molecule has 1 spiro atoms. The Kier molecular flexibility index (Phi) is 2.87. The van der Waals surface area contributed by atoms with Crippen LogP contribution in [0.1, 0.15) is 44.7 Å². The maximum atomic E-state index is 3.67. The summed E-state index contributed by atoms with van der Waals surface area (Å²) < 4.78 is 1.23. The van der Waals surface area contributed by atoms with Crippen molar-refractivity contribution >= 4 is 15.9 Å². The van der Waals surface area contributed by atoms with Crippen molar-refractivity contribution in [3.05, 3.63) is 33.8 Å². The molecule has 0 radical (unpaired) electrons. The quantitative estimate of drug-likeness (QED) is 0.869. The highest BCUT2D eigenvalue weighted by Gasteiger charge is 2.57. The third kappa shape index (κ3) is 2.14. The van der Waals surface area contributed by atoms with Crippen molar-refractivity contribution in [2.45, 2.75) is 51.0 Å². The van der Waals surface area contributed by atoms with Gasteiger partial charge in [0.1, 0.15) is 0 Å². The molecule has 0 aliphatic heterocycles. The number of nitrogens with one attached hydrogen (secondary N) is 1. The summed E-state index contributed by atoms with van der Waals surface area (Å²) in [4.78, 5) is 0. The first-order chi connectivity index (χ1) is 8.41. The molecule has 98 valence electrons. The molecule has 2 aliphatic carbocycles. The average Bonchev–Trinajstić information content (AvgIpc) is 2.87. The van der Waals surface area contributed by atoms with Gasteiger partial charge in [0.25, 0.3) is 0 Å². The Bertz CT molecular complexity index is 474. The average molecular weight is 308 g/mol. The first kappa shape index (κ1) is 12.7. The second kappa shape index (κ2) is 4.08. The second-order valence-corrected chi connectivity index (χ2v) is 7.91. The molecule has 1 nitrogen and oxygen atoms in total. The monoisotopic (exact) mass is 307 g/mol. The van der Waals surface area contributed by atoms with Crippen molar-refractivity contribution in [2.75, 3.05) is 6.54 Å². The minimum atomic E-state index is 0.239. The molecule has 2 unspecified atom stereocenters. The molecule has 1 saturated carbocycles. The fraction of sp³-hybridized carbons (Fsp3) is 0.625. The van der Waals surface area contributed by atoms with Crippen molar-refractivity contribution < 1.29 is 0 Å². The van der Waals surface area contributed by atoms with Gasteiger partial charge in [-0.05, 0) is 75.8 Å². The van der Waals surface area contributed by atoms with Gasteiger partial charge in [-0.1, -0.05) is 22.0 Å². The van der Waals surface area contributed by atoms with Gasteiger partial charge in [0.2, 0.25) is 0 Å². The molecule has 2 heteroatoms. The van der Waals surface area contributed by atoms with E-state index in [1.165, 1.54) is 23.7 Å². The number of benzene rings is 1. The van der Waals surface area contributed by atoms with Gasteiger partial charge in [0.15, 0.2) is 0 Å². The summed E-state index contributed by atoms with van der Waals surface area (Å²) in [5.74, 6) is 0.840. The Hall–Kier alpha value is -0.340. The van der Waals surface area contributed by atoms with E-state index < -0.39 is 0 Å². The van der Waals surface area contributed by atoms with Gasteiger partial charge in [-0.25, -0.2) is 0 Å². The van der Waals surface area contributed by atoms with Crippen LogP contribution in [-0.2, 0) is 11.8 Å². The van der Waals surface area contributed by atoms with E-state index in [-0.39, 0.29) is 5.54 Å². The lowest BCUT2D eigenvalue weighted by molar-refractivity contribution is 0.402. The number of hydrogen-bond donors (Lipinski definition) is 1. The van der Waals surface area contributed by atoms with Crippen LogP contribution in [0.4, 0.5) is 0 Å². The fourth-order valence-electron chi connectivity index (χ4n) is 3.44. The third-order valence-corrected chi connectivity index (χ3v) is 5.05. The summed E-state index contributed by atoms with van der Waals surface area (Å²) in [7, 11) is 0. The number of halogens is 1. The molecule has 0 saturated heterocycles. The molecule has 18 heavy (non-hydrogen) atoms. The third-order valence-electron chi connectivity index (χ3n) is 4.56. The molecule has 1 aromatic carbocycles. The van der Waals surface area contributed by atoms with Crippen molar-refractivity contribution in [3.8, 4) is 0 Å². The van der Waals surface area contributed by atoms with E-state index in [0.717, 1.165) is 12.5 Å². The highest BCUT2D eigenvalue weighted by Crippen LogP contribution is 2.61. The lowest BCUT2D eigenvalue weighted by atomic mass is 9.95. The second-order valence-electron chi connectivity index (χ2n) is 6.99. The standard InChI is InChI=1S/C16H22BrN/c1-15(2,3)18-10-12-9-16(12)7-6-11-4-5-13(17)8-14(11)16/h4-5,8,12,18H,6-7,9-10H2,1-3H3. The molecular formula is C16H22BrN. The van der Waals surface area contributed by atoms with Crippen LogP contribution in [-0.4, -0.2) is 12.1 Å². The van der Waals surface area contributed by atoms with E-state index in [1.807, 2.05) is 0 Å². The van der Waals surface area contributed by atoms with E-state index in [9.17, 15) is 0 Å². The van der Waals surface area contributed by atoms with Crippen LogP contribution in [0.3, 0.4) is 0 Å². The minimum absolute atomic E-state index is 0.239. The molecule has 3 rings (SSSR count). The topological polar surface area (TPSA) is 12.0 Å². The first-order valence-electron chi connectivity index (χ1n) is 6.95. The summed E-state index contributed by atoms with van der Waals surface area (Å²) >= 11 is 3.62. The Balaban J connectivity index is 1.76. The van der Waals surface area contributed by atoms with Gasteiger partial charge in [0, 0.05) is 15.4 Å². The van der Waals surface area contributed by atoms with Crippen molar-refractivity contribution in [3.63, 3.8) is 0 Å². The largest absolute Gasteiger partial charge is 0.312 e. The molecule has 0 aromatic heterocycles. The van der Waals surface area contributed by atoms with Gasteiger partial charge >= 0.3 is 0 Å². The zero-order valence-corrected chi connectivity index (χ0v) is 13.1. The smallest absolute Gasteiger partial charge is 0.0178 e. The van der Waals surface area contributed by atoms with E-state index in [4.69, 9.17) is 0 Å². The molecule has 0 amide bonds. The summed E-state index contributed by atoms with van der Waals surface area (Å²) in [5.41, 5.74) is 3.95. The zero-order chi connectivity index (χ0) is 13.0. The molecule has 1 fully saturated rings. The van der Waals surface area contributed by atoms with Gasteiger partial charge in [-0.15, -0.1) is 0 Å². The maximum absolute atomic E-state index is 3.67. The number of aryl methyl sites for hydroxylation is 1. The van der Waals surface area contributed by atoms with E-state index >= 15 is 0 Å². The van der Waals surface area contributed by atoms with Crippen LogP contribution in [0.25, 0.3) is 0 Å². The lowest BCUT2D eigenvalue weighted by Gasteiger charge is -2.21. The van der Waals surface area contributed by atoms with Crippen LogP contribution in [0.2, 0.25) is 0 Å².